The van der Waals surface area contributed by atoms with E-state index in [1.165, 1.54) is 11.3 Å². The average Bonchev–Trinajstić information content (AvgIpc) is 2.38. The first kappa shape index (κ1) is 15.0. The summed E-state index contributed by atoms with van der Waals surface area (Å²) in [7, 11) is 2.20. The molecule has 0 aliphatic carbocycles. The van der Waals surface area contributed by atoms with E-state index < -0.39 is 0 Å². The van der Waals surface area contributed by atoms with E-state index >= 15 is 0 Å². The summed E-state index contributed by atoms with van der Waals surface area (Å²) in [5.74, 6) is 0. The van der Waals surface area contributed by atoms with Gasteiger partial charge in [-0.15, -0.1) is 0 Å². The fourth-order valence-corrected chi connectivity index (χ4v) is 2.42. The molecule has 0 heterocycles. The summed E-state index contributed by atoms with van der Waals surface area (Å²) >= 11 is 0. The summed E-state index contributed by atoms with van der Waals surface area (Å²) < 4.78 is 0. The smallest absolute Gasteiger partial charge is 0.0518 e. The molecule has 0 bridgehead atoms. The van der Waals surface area contributed by atoms with Crippen LogP contribution in [0.5, 0.6) is 0 Å². The van der Waals surface area contributed by atoms with Gasteiger partial charge in [-0.3, -0.25) is 0 Å². The molecule has 1 N–H and O–H groups in total. The molecular formula is C16H28N2. The average molecular weight is 248 g/mol. The maximum absolute atomic E-state index is 3.56. The quantitative estimate of drug-likeness (QED) is 0.827. The van der Waals surface area contributed by atoms with Crippen molar-refractivity contribution in [3.05, 3.63) is 29.8 Å². The number of hydrogen-bond donors (Lipinski definition) is 1. The van der Waals surface area contributed by atoms with Crippen molar-refractivity contribution in [2.45, 2.75) is 52.6 Å². The van der Waals surface area contributed by atoms with Crippen molar-refractivity contribution >= 4 is 5.69 Å². The van der Waals surface area contributed by atoms with Crippen LogP contribution in [0.15, 0.2) is 24.3 Å². The summed E-state index contributed by atoms with van der Waals surface area (Å²) in [5.41, 5.74) is 2.73. The van der Waals surface area contributed by atoms with Crippen molar-refractivity contribution < 1.29 is 0 Å². The van der Waals surface area contributed by atoms with Gasteiger partial charge in [0.2, 0.25) is 0 Å². The number of hydrogen-bond acceptors (Lipinski definition) is 2. The second-order valence-electron chi connectivity index (χ2n) is 5.38. The number of nitrogens with one attached hydrogen (secondary N) is 1. The van der Waals surface area contributed by atoms with Crippen molar-refractivity contribution in [1.82, 2.24) is 5.32 Å². The molecule has 2 nitrogen and oxygen atoms in total. The Hall–Kier alpha value is -1.02. The third-order valence-corrected chi connectivity index (χ3v) is 4.35. The second-order valence-corrected chi connectivity index (χ2v) is 5.38. The zero-order valence-corrected chi connectivity index (χ0v) is 12.7. The molecule has 0 radical (unpaired) electrons. The predicted octanol–water partition coefficient (Wildman–Crippen LogP) is 3.60. The van der Waals surface area contributed by atoms with E-state index in [2.05, 4.69) is 76.1 Å². The van der Waals surface area contributed by atoms with Crippen LogP contribution in [0, 0.1) is 6.92 Å². The molecular weight excluding hydrogens is 220 g/mol. The van der Waals surface area contributed by atoms with Crippen LogP contribution in [-0.2, 0) is 0 Å². The fourth-order valence-electron chi connectivity index (χ4n) is 2.42. The minimum absolute atomic E-state index is 0.130. The van der Waals surface area contributed by atoms with Gasteiger partial charge in [0.15, 0.2) is 0 Å². The maximum atomic E-state index is 3.56. The second kappa shape index (κ2) is 6.24. The van der Waals surface area contributed by atoms with Gasteiger partial charge in [0, 0.05) is 18.8 Å². The van der Waals surface area contributed by atoms with Crippen LogP contribution in [-0.4, -0.2) is 25.2 Å². The fraction of sp³-hybridized carbons (Fsp3) is 0.625. The van der Waals surface area contributed by atoms with E-state index in [1.807, 2.05) is 0 Å². The maximum Gasteiger partial charge on any atom is 0.0518 e. The Morgan fingerprint density at radius 2 is 1.78 bits per heavy atom. The lowest BCUT2D eigenvalue weighted by molar-refractivity contribution is 0.317. The SMILES string of the molecule is CCNC(C)C(C)(CC)N(C)c1ccc(C)cc1. The van der Waals surface area contributed by atoms with Gasteiger partial charge in [-0.1, -0.05) is 31.5 Å². The molecule has 2 unspecified atom stereocenters. The van der Waals surface area contributed by atoms with E-state index in [4.69, 9.17) is 0 Å². The summed E-state index contributed by atoms with van der Waals surface area (Å²) in [6.45, 7) is 12.2. The number of aryl methyl sites for hydroxylation is 1. The first-order chi connectivity index (χ1) is 8.45. The van der Waals surface area contributed by atoms with Gasteiger partial charge < -0.3 is 10.2 Å². The Bertz CT molecular complexity index is 358. The highest BCUT2D eigenvalue weighted by Crippen LogP contribution is 2.28. The van der Waals surface area contributed by atoms with Crippen molar-refractivity contribution in [1.29, 1.82) is 0 Å². The van der Waals surface area contributed by atoms with Crippen LogP contribution in [0.25, 0.3) is 0 Å². The topological polar surface area (TPSA) is 15.3 Å². The van der Waals surface area contributed by atoms with Crippen LogP contribution in [0.1, 0.15) is 39.7 Å². The van der Waals surface area contributed by atoms with E-state index in [1.54, 1.807) is 0 Å². The van der Waals surface area contributed by atoms with Gasteiger partial charge in [-0.05, 0) is 45.9 Å². The minimum Gasteiger partial charge on any atom is -0.368 e. The Morgan fingerprint density at radius 1 is 1.22 bits per heavy atom. The molecule has 1 aromatic rings. The molecule has 18 heavy (non-hydrogen) atoms. The van der Waals surface area contributed by atoms with Gasteiger partial charge in [0.05, 0.1) is 5.54 Å². The lowest BCUT2D eigenvalue weighted by Crippen LogP contribution is -2.57. The molecule has 2 heteroatoms. The van der Waals surface area contributed by atoms with Crippen molar-refractivity contribution in [2.75, 3.05) is 18.5 Å². The Labute approximate surface area is 112 Å². The lowest BCUT2D eigenvalue weighted by atomic mass is 9.88. The monoisotopic (exact) mass is 248 g/mol. The van der Waals surface area contributed by atoms with Crippen LogP contribution in [0.3, 0.4) is 0 Å². The molecule has 0 saturated heterocycles. The molecule has 0 amide bonds. The Kier molecular flexibility index (Phi) is 5.21. The molecule has 0 aliphatic rings. The van der Waals surface area contributed by atoms with E-state index in [9.17, 15) is 0 Å². The summed E-state index contributed by atoms with van der Waals surface area (Å²) in [5, 5.41) is 3.56. The van der Waals surface area contributed by atoms with E-state index in [0.717, 1.165) is 13.0 Å². The van der Waals surface area contributed by atoms with Gasteiger partial charge >= 0.3 is 0 Å². The first-order valence-electron chi connectivity index (χ1n) is 6.99. The number of rotatable bonds is 6. The van der Waals surface area contributed by atoms with Gasteiger partial charge in [-0.25, -0.2) is 0 Å². The Balaban J connectivity index is 2.96. The molecule has 0 spiro atoms. The highest BCUT2D eigenvalue weighted by Gasteiger charge is 2.33. The molecule has 1 rings (SSSR count). The first-order valence-corrected chi connectivity index (χ1v) is 6.99. The number of likely N-dealkylation sites (N-methyl/N-ethyl adjacent to an activating group) is 2. The number of anilines is 1. The molecule has 0 fully saturated rings. The summed E-state index contributed by atoms with van der Waals surface area (Å²) in [4.78, 5) is 2.40. The third kappa shape index (κ3) is 3.05. The highest BCUT2D eigenvalue weighted by molar-refractivity contribution is 5.49. The van der Waals surface area contributed by atoms with Crippen LogP contribution in [0.4, 0.5) is 5.69 Å². The molecule has 0 saturated carbocycles. The molecule has 1 aromatic carbocycles. The lowest BCUT2D eigenvalue weighted by Gasteiger charge is -2.45. The number of nitrogens with zero attached hydrogens (tertiary/aromatic N) is 1. The van der Waals surface area contributed by atoms with Crippen LogP contribution in [0.2, 0.25) is 0 Å². The zero-order chi connectivity index (χ0) is 13.8. The molecule has 0 aliphatic heterocycles. The minimum atomic E-state index is 0.130. The van der Waals surface area contributed by atoms with Crippen molar-refractivity contribution in [3.63, 3.8) is 0 Å². The highest BCUT2D eigenvalue weighted by atomic mass is 15.2. The van der Waals surface area contributed by atoms with Crippen molar-refractivity contribution in [3.8, 4) is 0 Å². The normalized spacial score (nSPS) is 16.1. The number of benzene rings is 1. The van der Waals surface area contributed by atoms with E-state index in [0.29, 0.717) is 6.04 Å². The summed E-state index contributed by atoms with van der Waals surface area (Å²) in [6.07, 6.45) is 1.12. The third-order valence-electron chi connectivity index (χ3n) is 4.35. The molecule has 102 valence electrons. The van der Waals surface area contributed by atoms with E-state index in [-0.39, 0.29) is 5.54 Å². The van der Waals surface area contributed by atoms with Crippen molar-refractivity contribution in [2.24, 2.45) is 0 Å². The summed E-state index contributed by atoms with van der Waals surface area (Å²) in [6, 6.07) is 9.24. The predicted molar refractivity (Wildman–Crippen MR) is 81.4 cm³/mol. The largest absolute Gasteiger partial charge is 0.368 e. The molecule has 0 aromatic heterocycles. The molecule has 2 atom stereocenters. The zero-order valence-electron chi connectivity index (χ0n) is 12.7. The van der Waals surface area contributed by atoms with Crippen LogP contribution < -0.4 is 10.2 Å². The van der Waals surface area contributed by atoms with Crippen LogP contribution >= 0.6 is 0 Å². The van der Waals surface area contributed by atoms with Gasteiger partial charge in [0.1, 0.15) is 0 Å². The van der Waals surface area contributed by atoms with Gasteiger partial charge in [0.25, 0.3) is 0 Å². The Morgan fingerprint density at radius 3 is 2.22 bits per heavy atom. The standard InChI is InChI=1S/C16H28N2/c1-7-16(5,14(4)17-8-2)18(6)15-11-9-13(3)10-12-15/h9-12,14,17H,7-8H2,1-6H3. The van der Waals surface area contributed by atoms with Gasteiger partial charge in [-0.2, -0.15) is 0 Å².